The molecular weight excluding hydrogens is 259 g/mol. The fourth-order valence-electron chi connectivity index (χ4n) is 2.80. The minimum Gasteiger partial charge on any atom is -0.162 e. The van der Waals surface area contributed by atoms with E-state index in [0.29, 0.717) is 0 Å². The second-order valence-corrected chi connectivity index (χ2v) is 6.84. The van der Waals surface area contributed by atoms with Gasteiger partial charge in [-0.1, -0.05) is 19.8 Å². The highest BCUT2D eigenvalue weighted by Gasteiger charge is 2.38. The third-order valence-corrected chi connectivity index (χ3v) is 5.97. The van der Waals surface area contributed by atoms with Gasteiger partial charge >= 0.3 is 0 Å². The molecule has 0 heterocycles. The number of rotatable bonds is 8. The fourth-order valence-corrected chi connectivity index (χ4v) is 4.43. The van der Waals surface area contributed by atoms with E-state index in [9.17, 15) is 0 Å². The predicted octanol–water partition coefficient (Wildman–Crippen LogP) is 5.17. The van der Waals surface area contributed by atoms with E-state index in [-0.39, 0.29) is 5.41 Å². The summed E-state index contributed by atoms with van der Waals surface area (Å²) in [5, 5.41) is 0. The summed E-state index contributed by atoms with van der Waals surface area (Å²) in [6.07, 6.45) is 7.95. The molecule has 0 spiro atoms. The van der Waals surface area contributed by atoms with E-state index < -0.39 is 0 Å². The van der Waals surface area contributed by atoms with Crippen molar-refractivity contribution in [2.24, 2.45) is 11.3 Å². The summed E-state index contributed by atoms with van der Waals surface area (Å²) >= 11 is 14.5. The molecule has 0 amide bonds. The molecule has 0 saturated heterocycles. The van der Waals surface area contributed by atoms with Crippen LogP contribution in [0.25, 0.3) is 0 Å². The van der Waals surface area contributed by atoms with Crippen LogP contribution in [0.15, 0.2) is 0 Å². The molecule has 3 heteroatoms. The molecule has 1 aliphatic rings. The first kappa shape index (κ1) is 15.0. The van der Waals surface area contributed by atoms with Gasteiger partial charge in [0.05, 0.1) is 0 Å². The molecule has 1 saturated carbocycles. The van der Waals surface area contributed by atoms with Gasteiger partial charge in [-0.3, -0.25) is 0 Å². The third kappa shape index (κ3) is 3.99. The summed E-state index contributed by atoms with van der Waals surface area (Å²) in [7, 11) is 0. The quantitative estimate of drug-likeness (QED) is 0.437. The monoisotopic (exact) mass is 282 g/mol. The second kappa shape index (κ2) is 8.11. The zero-order valence-electron chi connectivity index (χ0n) is 10.3. The van der Waals surface area contributed by atoms with Gasteiger partial charge in [-0.05, 0) is 43.1 Å². The normalized spacial score (nSPS) is 18.2. The van der Waals surface area contributed by atoms with Crippen LogP contribution >= 0.6 is 35.0 Å². The summed E-state index contributed by atoms with van der Waals surface area (Å²) in [4.78, 5) is 0. The first-order chi connectivity index (χ1) is 7.79. The average molecular weight is 283 g/mol. The van der Waals surface area contributed by atoms with Crippen molar-refractivity contribution in [2.75, 3.05) is 23.3 Å². The lowest BCUT2D eigenvalue weighted by atomic mass is 9.74. The lowest BCUT2D eigenvalue weighted by molar-refractivity contribution is 0.207. The van der Waals surface area contributed by atoms with Crippen molar-refractivity contribution in [1.82, 2.24) is 0 Å². The minimum absolute atomic E-state index is 0.230. The molecule has 0 atom stereocenters. The Morgan fingerprint density at radius 2 is 1.81 bits per heavy atom. The average Bonchev–Trinajstić information content (AvgIpc) is 2.84. The Balaban J connectivity index is 2.43. The van der Waals surface area contributed by atoms with E-state index in [1.54, 1.807) is 0 Å². The summed E-state index contributed by atoms with van der Waals surface area (Å²) in [5.41, 5.74) is 0.230. The minimum atomic E-state index is 0.230. The Kier molecular flexibility index (Phi) is 7.59. The maximum atomic E-state index is 6.23. The van der Waals surface area contributed by atoms with Gasteiger partial charge in [-0.15, -0.1) is 23.2 Å². The van der Waals surface area contributed by atoms with Crippen LogP contribution in [0.4, 0.5) is 0 Å². The van der Waals surface area contributed by atoms with Crippen LogP contribution in [0.2, 0.25) is 0 Å². The zero-order valence-corrected chi connectivity index (χ0v) is 12.6. The maximum Gasteiger partial charge on any atom is 0.0294 e. The summed E-state index contributed by atoms with van der Waals surface area (Å²) in [6.45, 7) is 2.22. The van der Waals surface area contributed by atoms with E-state index in [2.05, 4.69) is 6.92 Å². The van der Waals surface area contributed by atoms with E-state index >= 15 is 0 Å². The van der Waals surface area contributed by atoms with E-state index in [4.69, 9.17) is 23.2 Å². The van der Waals surface area contributed by atoms with Crippen molar-refractivity contribution in [1.29, 1.82) is 0 Å². The molecule has 0 N–H and O–H groups in total. The lowest BCUT2D eigenvalue weighted by Gasteiger charge is -2.36. The molecule has 0 bridgehead atoms. The smallest absolute Gasteiger partial charge is 0.0294 e. The van der Waals surface area contributed by atoms with E-state index in [0.717, 1.165) is 17.7 Å². The van der Waals surface area contributed by atoms with Gasteiger partial charge in [0, 0.05) is 17.2 Å². The van der Waals surface area contributed by atoms with Crippen molar-refractivity contribution < 1.29 is 0 Å². The number of halogens is 2. The molecule has 0 unspecified atom stereocenters. The highest BCUT2D eigenvalue weighted by atomic mass is 35.5. The molecule has 1 rings (SSSR count). The van der Waals surface area contributed by atoms with E-state index in [1.807, 2.05) is 11.8 Å². The molecule has 0 radical (unpaired) electrons. The van der Waals surface area contributed by atoms with Gasteiger partial charge in [-0.25, -0.2) is 0 Å². The SMILES string of the molecule is CCSCCCC(CCl)(CCl)C1CCCC1. The summed E-state index contributed by atoms with van der Waals surface area (Å²) in [5.74, 6) is 4.77. The summed E-state index contributed by atoms with van der Waals surface area (Å²) < 4.78 is 0. The Labute approximate surface area is 115 Å². The van der Waals surface area contributed by atoms with Crippen LogP contribution in [0.1, 0.15) is 45.4 Å². The fraction of sp³-hybridized carbons (Fsp3) is 1.00. The van der Waals surface area contributed by atoms with Gasteiger partial charge < -0.3 is 0 Å². The van der Waals surface area contributed by atoms with Crippen LogP contribution in [0.3, 0.4) is 0 Å². The van der Waals surface area contributed by atoms with Crippen molar-refractivity contribution in [3.05, 3.63) is 0 Å². The first-order valence-corrected chi connectivity index (χ1v) is 8.71. The molecule has 16 heavy (non-hydrogen) atoms. The number of hydrogen-bond acceptors (Lipinski definition) is 1. The van der Waals surface area contributed by atoms with Crippen molar-refractivity contribution in [3.63, 3.8) is 0 Å². The van der Waals surface area contributed by atoms with Gasteiger partial charge in [0.1, 0.15) is 0 Å². The number of hydrogen-bond donors (Lipinski definition) is 0. The van der Waals surface area contributed by atoms with Crippen LogP contribution in [-0.2, 0) is 0 Å². The Hall–Kier alpha value is 0.930. The van der Waals surface area contributed by atoms with Crippen molar-refractivity contribution in [3.8, 4) is 0 Å². The largest absolute Gasteiger partial charge is 0.162 e. The van der Waals surface area contributed by atoms with Crippen molar-refractivity contribution >= 4 is 35.0 Å². The zero-order chi connectivity index (χ0) is 11.9. The molecule has 0 aromatic rings. The Morgan fingerprint density at radius 3 is 2.31 bits per heavy atom. The number of alkyl halides is 2. The molecule has 1 aliphatic carbocycles. The molecular formula is C13H24Cl2S. The van der Waals surface area contributed by atoms with Crippen LogP contribution < -0.4 is 0 Å². The third-order valence-electron chi connectivity index (χ3n) is 3.92. The highest BCUT2D eigenvalue weighted by molar-refractivity contribution is 7.99. The summed E-state index contributed by atoms with van der Waals surface area (Å²) in [6, 6.07) is 0. The Bertz CT molecular complexity index is 175. The lowest BCUT2D eigenvalue weighted by Crippen LogP contribution is -2.33. The molecule has 0 aromatic carbocycles. The highest BCUT2D eigenvalue weighted by Crippen LogP contribution is 2.45. The van der Waals surface area contributed by atoms with Crippen LogP contribution in [0.5, 0.6) is 0 Å². The second-order valence-electron chi connectivity index (χ2n) is 4.91. The van der Waals surface area contributed by atoms with Gasteiger partial charge in [0.15, 0.2) is 0 Å². The van der Waals surface area contributed by atoms with Gasteiger partial charge in [0.2, 0.25) is 0 Å². The number of thioether (sulfide) groups is 1. The standard InChI is InChI=1S/C13H24Cl2S/c1-2-16-9-5-8-13(10-14,11-15)12-6-3-4-7-12/h12H,2-11H2,1H3. The Morgan fingerprint density at radius 1 is 1.19 bits per heavy atom. The predicted molar refractivity (Wildman–Crippen MR) is 78.1 cm³/mol. The van der Waals surface area contributed by atoms with Crippen molar-refractivity contribution in [2.45, 2.75) is 45.4 Å². The molecule has 1 fully saturated rings. The molecule has 0 aromatic heterocycles. The molecule has 0 aliphatic heterocycles. The van der Waals surface area contributed by atoms with Crippen LogP contribution in [-0.4, -0.2) is 23.3 Å². The first-order valence-electron chi connectivity index (χ1n) is 6.48. The van der Waals surface area contributed by atoms with Crippen LogP contribution in [0, 0.1) is 11.3 Å². The maximum absolute atomic E-state index is 6.23. The molecule has 96 valence electrons. The van der Waals surface area contributed by atoms with Gasteiger partial charge in [-0.2, -0.15) is 11.8 Å². The van der Waals surface area contributed by atoms with E-state index in [1.165, 1.54) is 50.0 Å². The topological polar surface area (TPSA) is 0 Å². The van der Waals surface area contributed by atoms with Gasteiger partial charge in [0.25, 0.3) is 0 Å². The molecule has 0 nitrogen and oxygen atoms in total.